The molecule has 3 nitrogen and oxygen atoms in total. The van der Waals surface area contributed by atoms with Gasteiger partial charge < -0.3 is 5.11 Å². The van der Waals surface area contributed by atoms with Gasteiger partial charge in [-0.3, -0.25) is 4.79 Å². The predicted molar refractivity (Wildman–Crippen MR) is 74.2 cm³/mol. The number of thioether (sulfide) groups is 1. The summed E-state index contributed by atoms with van der Waals surface area (Å²) in [6, 6.07) is 5.41. The van der Waals surface area contributed by atoms with Crippen molar-refractivity contribution in [1.29, 1.82) is 0 Å². The first-order valence-electron chi connectivity index (χ1n) is 5.19. The number of carboxylic acid groups (broad SMARTS) is 1. The minimum Gasteiger partial charge on any atom is -0.478 e. The van der Waals surface area contributed by atoms with Crippen LogP contribution in [0.5, 0.6) is 0 Å². The predicted octanol–water partition coefficient (Wildman–Crippen LogP) is 3.38. The van der Waals surface area contributed by atoms with E-state index in [1.807, 2.05) is 12.3 Å². The van der Waals surface area contributed by atoms with Gasteiger partial charge in [0.05, 0.1) is 0 Å². The molecule has 1 aromatic carbocycles. The van der Waals surface area contributed by atoms with Gasteiger partial charge in [-0.1, -0.05) is 12.1 Å². The van der Waals surface area contributed by atoms with Gasteiger partial charge >= 0.3 is 5.97 Å². The summed E-state index contributed by atoms with van der Waals surface area (Å²) in [6.07, 6.45) is 4.37. The summed E-state index contributed by atoms with van der Waals surface area (Å²) in [5.41, 5.74) is 1.32. The highest BCUT2D eigenvalue weighted by Crippen LogP contribution is 2.34. The molecule has 1 unspecified atom stereocenters. The normalized spacial score (nSPS) is 12.6. The van der Waals surface area contributed by atoms with Gasteiger partial charge in [0.25, 0.3) is 0 Å². The molecule has 1 aromatic rings. The van der Waals surface area contributed by atoms with Crippen LogP contribution in [0.25, 0.3) is 6.08 Å². The van der Waals surface area contributed by atoms with Gasteiger partial charge in [0.2, 0.25) is 0 Å². The lowest BCUT2D eigenvalue weighted by Gasteiger charge is -2.14. The number of carbonyl (C=O) groups excluding carboxylic acids is 1. The Labute approximate surface area is 115 Å². The molecule has 1 N–H and O–H groups in total. The van der Waals surface area contributed by atoms with E-state index in [0.717, 1.165) is 11.0 Å². The third-order valence-corrected chi connectivity index (χ3v) is 3.66. The van der Waals surface area contributed by atoms with E-state index in [9.17, 15) is 9.59 Å². The SMILES string of the molecule is CSc1cccc(C=CC(=O)O)c1C(Cl)C(C)=O. The van der Waals surface area contributed by atoms with E-state index in [2.05, 4.69) is 0 Å². The molecule has 0 aromatic heterocycles. The summed E-state index contributed by atoms with van der Waals surface area (Å²) in [4.78, 5) is 22.8. The number of hydrogen-bond acceptors (Lipinski definition) is 3. The van der Waals surface area contributed by atoms with Crippen LogP contribution < -0.4 is 0 Å². The van der Waals surface area contributed by atoms with Crippen LogP contribution in [0.3, 0.4) is 0 Å². The minimum absolute atomic E-state index is 0.164. The Kier molecular flexibility index (Phi) is 5.44. The fraction of sp³-hybridized carbons (Fsp3) is 0.231. The highest BCUT2D eigenvalue weighted by atomic mass is 35.5. The highest BCUT2D eigenvalue weighted by molar-refractivity contribution is 7.98. The lowest BCUT2D eigenvalue weighted by Crippen LogP contribution is -2.05. The van der Waals surface area contributed by atoms with E-state index >= 15 is 0 Å². The van der Waals surface area contributed by atoms with Crippen LogP contribution in [0.4, 0.5) is 0 Å². The average molecular weight is 285 g/mol. The Hall–Kier alpha value is -1.26. The summed E-state index contributed by atoms with van der Waals surface area (Å²) < 4.78 is 0. The van der Waals surface area contributed by atoms with E-state index in [1.54, 1.807) is 12.1 Å². The number of rotatable bonds is 5. The Bertz CT molecular complexity index is 497. The summed E-state index contributed by atoms with van der Waals surface area (Å²) >= 11 is 7.57. The van der Waals surface area contributed by atoms with Crippen LogP contribution in [0.15, 0.2) is 29.2 Å². The largest absolute Gasteiger partial charge is 0.478 e. The Morgan fingerprint density at radius 2 is 2.11 bits per heavy atom. The monoisotopic (exact) mass is 284 g/mol. The van der Waals surface area contributed by atoms with Crippen molar-refractivity contribution in [3.05, 3.63) is 35.4 Å². The van der Waals surface area contributed by atoms with Gasteiger partial charge in [-0.15, -0.1) is 23.4 Å². The minimum atomic E-state index is -1.04. The topological polar surface area (TPSA) is 54.4 Å². The molecule has 0 fully saturated rings. The first-order valence-corrected chi connectivity index (χ1v) is 6.86. The van der Waals surface area contributed by atoms with Crippen LogP contribution >= 0.6 is 23.4 Å². The van der Waals surface area contributed by atoms with Crippen molar-refractivity contribution in [2.24, 2.45) is 0 Å². The van der Waals surface area contributed by atoms with Gasteiger partial charge in [-0.2, -0.15) is 0 Å². The Morgan fingerprint density at radius 3 is 2.61 bits per heavy atom. The number of aliphatic carboxylic acids is 1. The summed E-state index contributed by atoms with van der Waals surface area (Å²) in [5.74, 6) is -1.20. The molecule has 18 heavy (non-hydrogen) atoms. The van der Waals surface area contributed by atoms with E-state index in [1.165, 1.54) is 24.8 Å². The lowest BCUT2D eigenvalue weighted by molar-refractivity contribution is -0.131. The lowest BCUT2D eigenvalue weighted by atomic mass is 10.0. The van der Waals surface area contributed by atoms with E-state index in [4.69, 9.17) is 16.7 Å². The van der Waals surface area contributed by atoms with Crippen LogP contribution in [-0.2, 0) is 9.59 Å². The van der Waals surface area contributed by atoms with Crippen molar-refractivity contribution in [3.63, 3.8) is 0 Å². The molecule has 0 spiro atoms. The summed E-state index contributed by atoms with van der Waals surface area (Å²) in [7, 11) is 0. The molecule has 0 saturated heterocycles. The third-order valence-electron chi connectivity index (χ3n) is 2.34. The van der Waals surface area contributed by atoms with Gasteiger partial charge in [-0.05, 0) is 36.4 Å². The summed E-state index contributed by atoms with van der Waals surface area (Å²) in [5, 5.41) is 7.89. The van der Waals surface area contributed by atoms with E-state index in [0.29, 0.717) is 11.1 Å². The average Bonchev–Trinajstić information content (AvgIpc) is 2.34. The van der Waals surface area contributed by atoms with E-state index in [-0.39, 0.29) is 5.78 Å². The molecule has 96 valence electrons. The molecule has 1 atom stereocenters. The summed E-state index contributed by atoms with van der Waals surface area (Å²) in [6.45, 7) is 1.42. The van der Waals surface area contributed by atoms with Crippen molar-refractivity contribution in [2.45, 2.75) is 17.2 Å². The molecule has 1 rings (SSSR count). The molecule has 0 amide bonds. The Balaban J connectivity index is 3.33. The van der Waals surface area contributed by atoms with Gasteiger partial charge in [0, 0.05) is 11.0 Å². The number of carboxylic acids is 1. The van der Waals surface area contributed by atoms with Crippen molar-refractivity contribution >= 4 is 41.2 Å². The molecule has 0 aliphatic rings. The second-order valence-electron chi connectivity index (χ2n) is 3.61. The maximum Gasteiger partial charge on any atom is 0.328 e. The van der Waals surface area contributed by atoms with Crippen molar-refractivity contribution in [2.75, 3.05) is 6.26 Å². The van der Waals surface area contributed by atoms with E-state index < -0.39 is 11.3 Å². The van der Waals surface area contributed by atoms with Gasteiger partial charge in [-0.25, -0.2) is 4.79 Å². The van der Waals surface area contributed by atoms with Crippen molar-refractivity contribution in [3.8, 4) is 0 Å². The van der Waals surface area contributed by atoms with Crippen molar-refractivity contribution < 1.29 is 14.7 Å². The zero-order valence-electron chi connectivity index (χ0n) is 10.0. The fourth-order valence-electron chi connectivity index (χ4n) is 1.52. The van der Waals surface area contributed by atoms with Crippen LogP contribution in [0.2, 0.25) is 0 Å². The first-order chi connectivity index (χ1) is 8.47. The molecule has 0 aliphatic carbocycles. The molecule has 0 saturated carbocycles. The zero-order valence-corrected chi connectivity index (χ0v) is 11.6. The van der Waals surface area contributed by atoms with Crippen molar-refractivity contribution in [1.82, 2.24) is 0 Å². The molecule has 0 heterocycles. The van der Waals surface area contributed by atoms with Crippen LogP contribution in [0.1, 0.15) is 23.4 Å². The number of halogens is 1. The standard InChI is InChI=1S/C13H13ClO3S/c1-8(15)13(14)12-9(6-7-11(16)17)4-3-5-10(12)18-2/h3-7,13H,1-2H3,(H,16,17). The maximum absolute atomic E-state index is 11.4. The number of ketones is 1. The quantitative estimate of drug-likeness (QED) is 0.512. The smallest absolute Gasteiger partial charge is 0.328 e. The number of hydrogen-bond donors (Lipinski definition) is 1. The molecular weight excluding hydrogens is 272 g/mol. The second kappa shape index (κ2) is 6.61. The van der Waals surface area contributed by atoms with Crippen LogP contribution in [-0.4, -0.2) is 23.1 Å². The molecule has 0 aliphatic heterocycles. The van der Waals surface area contributed by atoms with Crippen LogP contribution in [0, 0.1) is 0 Å². The molecular formula is C13H13ClO3S. The number of alkyl halides is 1. The first kappa shape index (κ1) is 14.8. The molecule has 0 bridgehead atoms. The van der Waals surface area contributed by atoms with Gasteiger partial charge in [0.15, 0.2) is 5.78 Å². The second-order valence-corrected chi connectivity index (χ2v) is 4.89. The van der Waals surface area contributed by atoms with Gasteiger partial charge in [0.1, 0.15) is 5.38 Å². The molecule has 5 heteroatoms. The number of benzene rings is 1. The Morgan fingerprint density at radius 1 is 1.44 bits per heavy atom. The fourth-order valence-corrected chi connectivity index (χ4v) is 2.50. The third kappa shape index (κ3) is 3.62. The highest BCUT2D eigenvalue weighted by Gasteiger charge is 2.19. The number of carbonyl (C=O) groups is 2. The molecule has 0 radical (unpaired) electrons. The number of Topliss-reactive ketones (excluding diaryl/α,β-unsaturated/α-hetero) is 1. The maximum atomic E-state index is 11.4. The zero-order chi connectivity index (χ0) is 13.7.